The predicted octanol–water partition coefficient (Wildman–Crippen LogP) is 4.09. The number of ether oxygens (including phenoxy) is 2. The summed E-state index contributed by atoms with van der Waals surface area (Å²) in [5.41, 5.74) is 1.32. The summed E-state index contributed by atoms with van der Waals surface area (Å²) in [5, 5.41) is 21.2. The van der Waals surface area contributed by atoms with Gasteiger partial charge in [-0.15, -0.1) is 0 Å². The minimum Gasteiger partial charge on any atom is -0.489 e. The molecule has 0 saturated carbocycles. The van der Waals surface area contributed by atoms with Gasteiger partial charge < -0.3 is 34.5 Å². The third kappa shape index (κ3) is 5.41. The molecule has 194 valence electrons. The molecule has 1 N–H and O–H groups in total. The molecule has 2 aromatic carbocycles. The second-order valence-electron chi connectivity index (χ2n) is 9.51. The van der Waals surface area contributed by atoms with E-state index in [2.05, 4.69) is 9.88 Å². The standard InChI is InChI=1S/C25H26ClN5O6/c1-25(15-29-14-22(31(34)35)27-23(29)37-25)16-36-21-8-6-19(7-9-21)28-10-11-30(24(32)33)20(13-28)12-17-2-4-18(26)5-3-17/h2-9,14,20H,10-13,15-16H2,1H3,(H,32,33). The lowest BCUT2D eigenvalue weighted by Crippen LogP contribution is -2.55. The topological polar surface area (TPSA) is 123 Å². The monoisotopic (exact) mass is 527 g/mol. The van der Waals surface area contributed by atoms with Crippen molar-refractivity contribution in [3.63, 3.8) is 0 Å². The lowest BCUT2D eigenvalue weighted by Gasteiger charge is -2.41. The van der Waals surface area contributed by atoms with Gasteiger partial charge in [0.15, 0.2) is 5.60 Å². The molecule has 0 spiro atoms. The van der Waals surface area contributed by atoms with Crippen LogP contribution in [0, 0.1) is 10.1 Å². The van der Waals surface area contributed by atoms with E-state index in [0.717, 1.165) is 11.3 Å². The fraction of sp³-hybridized carbons (Fsp3) is 0.360. The highest BCUT2D eigenvalue weighted by Gasteiger charge is 2.41. The summed E-state index contributed by atoms with van der Waals surface area (Å²) in [4.78, 5) is 29.7. The SMILES string of the molecule is CC1(COc2ccc(N3CCN(C(=O)O)C(Cc4ccc(Cl)cc4)C3)cc2)Cn2cc([N+](=O)[O-])nc2O1. The molecule has 0 bridgehead atoms. The molecule has 1 aromatic heterocycles. The number of piperazine rings is 1. The van der Waals surface area contributed by atoms with Crippen molar-refractivity contribution in [1.82, 2.24) is 14.5 Å². The first-order valence-corrected chi connectivity index (χ1v) is 12.2. The number of carboxylic acid groups (broad SMARTS) is 1. The molecule has 0 aliphatic carbocycles. The van der Waals surface area contributed by atoms with Gasteiger partial charge >= 0.3 is 17.9 Å². The van der Waals surface area contributed by atoms with Gasteiger partial charge in [0.2, 0.25) is 0 Å². The average Bonchev–Trinajstić information content (AvgIpc) is 3.40. The van der Waals surface area contributed by atoms with Crippen molar-refractivity contribution in [1.29, 1.82) is 0 Å². The van der Waals surface area contributed by atoms with Gasteiger partial charge in [-0.3, -0.25) is 4.57 Å². The van der Waals surface area contributed by atoms with Crippen molar-refractivity contribution in [2.75, 3.05) is 31.1 Å². The highest BCUT2D eigenvalue weighted by atomic mass is 35.5. The maximum absolute atomic E-state index is 11.8. The normalized spacial score (nSPS) is 20.9. The number of nitrogens with zero attached hydrogens (tertiary/aromatic N) is 5. The molecule has 1 fully saturated rings. The first-order valence-electron chi connectivity index (χ1n) is 11.8. The number of hydrogen-bond acceptors (Lipinski definition) is 7. The number of halogens is 1. The van der Waals surface area contributed by atoms with E-state index in [1.54, 1.807) is 4.57 Å². The number of imidazole rings is 1. The molecule has 37 heavy (non-hydrogen) atoms. The van der Waals surface area contributed by atoms with Crippen molar-refractivity contribution in [3.8, 4) is 11.8 Å². The van der Waals surface area contributed by atoms with Crippen LogP contribution < -0.4 is 14.4 Å². The Hall–Kier alpha value is -3.99. The molecule has 3 heterocycles. The lowest BCUT2D eigenvalue weighted by atomic mass is 10.0. The van der Waals surface area contributed by atoms with Crippen LogP contribution in [0.2, 0.25) is 5.02 Å². The molecule has 1 saturated heterocycles. The van der Waals surface area contributed by atoms with Crippen LogP contribution in [-0.2, 0) is 13.0 Å². The lowest BCUT2D eigenvalue weighted by molar-refractivity contribution is -0.389. The van der Waals surface area contributed by atoms with Crippen LogP contribution in [0.4, 0.5) is 16.3 Å². The summed E-state index contributed by atoms with van der Waals surface area (Å²) in [5.74, 6) is 0.416. The minimum absolute atomic E-state index is 0.190. The summed E-state index contributed by atoms with van der Waals surface area (Å²) in [6.45, 7) is 4.07. The van der Waals surface area contributed by atoms with E-state index in [-0.39, 0.29) is 24.5 Å². The van der Waals surface area contributed by atoms with Crippen molar-refractivity contribution in [2.24, 2.45) is 0 Å². The zero-order valence-electron chi connectivity index (χ0n) is 20.1. The van der Waals surface area contributed by atoms with E-state index >= 15 is 0 Å². The van der Waals surface area contributed by atoms with E-state index in [4.69, 9.17) is 21.1 Å². The highest BCUT2D eigenvalue weighted by molar-refractivity contribution is 6.30. The van der Waals surface area contributed by atoms with Gasteiger partial charge in [0.25, 0.3) is 0 Å². The van der Waals surface area contributed by atoms with E-state index in [1.165, 1.54) is 11.1 Å². The third-order valence-corrected chi connectivity index (χ3v) is 6.87. The molecule has 0 radical (unpaired) electrons. The summed E-state index contributed by atoms with van der Waals surface area (Å²) >= 11 is 5.99. The van der Waals surface area contributed by atoms with Crippen LogP contribution in [0.1, 0.15) is 12.5 Å². The fourth-order valence-corrected chi connectivity index (χ4v) is 4.88. The number of benzene rings is 2. The van der Waals surface area contributed by atoms with Gasteiger partial charge in [-0.1, -0.05) is 23.7 Å². The van der Waals surface area contributed by atoms with E-state index in [9.17, 15) is 20.0 Å². The maximum atomic E-state index is 11.8. The predicted molar refractivity (Wildman–Crippen MR) is 136 cm³/mol. The molecule has 2 aliphatic rings. The number of hydrogen-bond donors (Lipinski definition) is 1. The summed E-state index contributed by atoms with van der Waals surface area (Å²) < 4.78 is 13.4. The largest absolute Gasteiger partial charge is 0.489 e. The molecule has 3 aromatic rings. The Bertz CT molecular complexity index is 1270. The number of rotatable bonds is 7. The Kier molecular flexibility index (Phi) is 6.55. The summed E-state index contributed by atoms with van der Waals surface area (Å²) in [7, 11) is 0. The Balaban J connectivity index is 1.20. The molecule has 12 heteroatoms. The van der Waals surface area contributed by atoms with Crippen LogP contribution >= 0.6 is 11.6 Å². The smallest absolute Gasteiger partial charge is 0.415 e. The van der Waals surface area contributed by atoms with Crippen LogP contribution in [-0.4, -0.2) is 68.5 Å². The molecule has 2 unspecified atom stereocenters. The summed E-state index contributed by atoms with van der Waals surface area (Å²) in [6.07, 6.45) is 1.04. The van der Waals surface area contributed by atoms with Crippen LogP contribution in [0.5, 0.6) is 11.8 Å². The molecule has 1 amide bonds. The maximum Gasteiger partial charge on any atom is 0.415 e. The zero-order valence-corrected chi connectivity index (χ0v) is 20.9. The fourth-order valence-electron chi connectivity index (χ4n) is 4.75. The van der Waals surface area contributed by atoms with Gasteiger partial charge in [-0.2, -0.15) is 0 Å². The zero-order chi connectivity index (χ0) is 26.2. The van der Waals surface area contributed by atoms with Crippen molar-refractivity contribution in [3.05, 3.63) is 75.4 Å². The number of fused-ring (bicyclic) bond motifs is 1. The molecule has 5 rings (SSSR count). The minimum atomic E-state index is -0.915. The first kappa shape index (κ1) is 24.7. The first-order chi connectivity index (χ1) is 17.7. The van der Waals surface area contributed by atoms with Gasteiger partial charge in [0, 0.05) is 35.3 Å². The number of anilines is 1. The van der Waals surface area contributed by atoms with E-state index in [1.807, 2.05) is 55.5 Å². The third-order valence-electron chi connectivity index (χ3n) is 6.62. The second-order valence-corrected chi connectivity index (χ2v) is 9.94. The molecular formula is C25H26ClN5O6. The Morgan fingerprint density at radius 1 is 1.24 bits per heavy atom. The molecule has 2 atom stereocenters. The molecule has 2 aliphatic heterocycles. The van der Waals surface area contributed by atoms with Crippen molar-refractivity contribution < 1.29 is 24.3 Å². The number of carbonyl (C=O) groups is 1. The Labute approximate surface area is 217 Å². The van der Waals surface area contributed by atoms with Crippen LogP contribution in [0.15, 0.2) is 54.7 Å². The van der Waals surface area contributed by atoms with Gasteiger partial charge in [-0.25, -0.2) is 4.79 Å². The van der Waals surface area contributed by atoms with Gasteiger partial charge in [0.05, 0.1) is 12.6 Å². The van der Waals surface area contributed by atoms with E-state index < -0.39 is 16.6 Å². The van der Waals surface area contributed by atoms with Gasteiger partial charge in [-0.05, 0) is 60.2 Å². The summed E-state index contributed by atoms with van der Waals surface area (Å²) in [6, 6.07) is 15.2. The molecule has 11 nitrogen and oxygen atoms in total. The van der Waals surface area contributed by atoms with Crippen molar-refractivity contribution >= 4 is 29.2 Å². The Morgan fingerprint density at radius 2 is 1.97 bits per heavy atom. The van der Waals surface area contributed by atoms with Gasteiger partial charge in [0.1, 0.15) is 18.6 Å². The second kappa shape index (κ2) is 9.81. The Morgan fingerprint density at radius 3 is 2.62 bits per heavy atom. The number of amides is 1. The van der Waals surface area contributed by atoms with E-state index in [0.29, 0.717) is 43.4 Å². The van der Waals surface area contributed by atoms with Crippen molar-refractivity contribution in [2.45, 2.75) is 31.5 Å². The quantitative estimate of drug-likeness (QED) is 0.360. The van der Waals surface area contributed by atoms with Crippen LogP contribution in [0.3, 0.4) is 0 Å². The number of nitro groups is 1. The number of aromatic nitrogens is 2. The average molecular weight is 528 g/mol. The molecular weight excluding hydrogens is 502 g/mol. The van der Waals surface area contributed by atoms with Crippen LogP contribution in [0.25, 0.3) is 0 Å². The highest BCUT2D eigenvalue weighted by Crippen LogP contribution is 2.32.